The zero-order valence-electron chi connectivity index (χ0n) is 11.2. The molecule has 1 heterocycles. The monoisotopic (exact) mass is 368 g/mol. The van der Waals surface area contributed by atoms with Crippen molar-refractivity contribution < 1.29 is 13.2 Å². The summed E-state index contributed by atoms with van der Waals surface area (Å²) in [6.07, 6.45) is 3.47. The van der Waals surface area contributed by atoms with Crippen LogP contribution in [0.4, 0.5) is 13.2 Å². The van der Waals surface area contributed by atoms with Gasteiger partial charge in [-0.25, -0.2) is 8.78 Å². The molecule has 0 bridgehead atoms. The molecule has 0 fully saturated rings. The summed E-state index contributed by atoms with van der Waals surface area (Å²) < 4.78 is 37.1. The number of hydrogen-bond donors (Lipinski definition) is 1. The Morgan fingerprint density at radius 2 is 1.95 bits per heavy atom. The SMILES string of the molecule is CF.CSC1CCC(c2cc(Br)cc(F)c2F)N=C1N. The summed E-state index contributed by atoms with van der Waals surface area (Å²) in [6.45, 7) is 0. The molecule has 1 aliphatic heterocycles. The fraction of sp³-hybridized carbons (Fsp3) is 0.462. The highest BCUT2D eigenvalue weighted by molar-refractivity contribution is 9.10. The molecule has 20 heavy (non-hydrogen) atoms. The second-order valence-corrected chi connectivity index (χ2v) is 6.12. The van der Waals surface area contributed by atoms with Gasteiger partial charge in [-0.2, -0.15) is 11.8 Å². The molecule has 1 aromatic rings. The van der Waals surface area contributed by atoms with Gasteiger partial charge in [0.15, 0.2) is 11.6 Å². The van der Waals surface area contributed by atoms with Crippen LogP contribution < -0.4 is 5.73 Å². The van der Waals surface area contributed by atoms with E-state index in [2.05, 4.69) is 20.9 Å². The zero-order chi connectivity index (χ0) is 15.3. The van der Waals surface area contributed by atoms with Gasteiger partial charge in [-0.1, -0.05) is 15.9 Å². The molecule has 0 saturated carbocycles. The molecule has 1 aliphatic rings. The van der Waals surface area contributed by atoms with Gasteiger partial charge >= 0.3 is 0 Å². The molecule has 0 spiro atoms. The smallest absolute Gasteiger partial charge is 0.164 e. The van der Waals surface area contributed by atoms with Crippen molar-refractivity contribution in [1.82, 2.24) is 0 Å². The topological polar surface area (TPSA) is 38.4 Å². The van der Waals surface area contributed by atoms with E-state index in [1.807, 2.05) is 6.26 Å². The van der Waals surface area contributed by atoms with Crippen molar-refractivity contribution in [3.63, 3.8) is 0 Å². The third-order valence-corrected chi connectivity index (χ3v) is 4.51. The fourth-order valence-electron chi connectivity index (χ4n) is 2.07. The third kappa shape index (κ3) is 3.91. The van der Waals surface area contributed by atoms with Crippen molar-refractivity contribution in [2.45, 2.75) is 24.1 Å². The average Bonchev–Trinajstić information content (AvgIpc) is 2.45. The van der Waals surface area contributed by atoms with Crippen molar-refractivity contribution in [2.24, 2.45) is 10.7 Å². The van der Waals surface area contributed by atoms with Crippen molar-refractivity contribution >= 4 is 33.5 Å². The highest BCUT2D eigenvalue weighted by Gasteiger charge is 2.26. The number of benzene rings is 1. The van der Waals surface area contributed by atoms with Gasteiger partial charge in [0.1, 0.15) is 5.84 Å². The highest BCUT2D eigenvalue weighted by Crippen LogP contribution is 2.34. The lowest BCUT2D eigenvalue weighted by Gasteiger charge is -2.25. The molecule has 0 amide bonds. The Bertz CT molecular complexity index is 497. The highest BCUT2D eigenvalue weighted by atomic mass is 79.9. The summed E-state index contributed by atoms with van der Waals surface area (Å²) in [5.41, 5.74) is 6.11. The first-order chi connectivity index (χ1) is 9.52. The van der Waals surface area contributed by atoms with E-state index in [4.69, 9.17) is 5.73 Å². The Hall–Kier alpha value is -0.690. The van der Waals surface area contributed by atoms with E-state index in [0.717, 1.165) is 12.5 Å². The summed E-state index contributed by atoms with van der Waals surface area (Å²) in [6, 6.07) is 2.29. The maximum atomic E-state index is 13.8. The standard InChI is InChI=1S/C12H13BrF2N2S.CH3F/c1-18-10-3-2-9(17-12(10)16)7-4-6(13)5-8(14)11(7)15;1-2/h4-5,9-10H,2-3H2,1H3,(H2,16,17);1H3. The normalized spacial score (nSPS) is 21.8. The summed E-state index contributed by atoms with van der Waals surface area (Å²) in [7, 11) is 0.500. The molecule has 2 nitrogen and oxygen atoms in total. The largest absolute Gasteiger partial charge is 0.387 e. The number of aliphatic imine (C=N–C) groups is 1. The van der Waals surface area contributed by atoms with Gasteiger partial charge in [0.25, 0.3) is 0 Å². The van der Waals surface area contributed by atoms with Crippen LogP contribution in [0.2, 0.25) is 0 Å². The Morgan fingerprint density at radius 1 is 1.30 bits per heavy atom. The van der Waals surface area contributed by atoms with E-state index in [0.29, 0.717) is 23.9 Å². The van der Waals surface area contributed by atoms with Gasteiger partial charge in [-0.3, -0.25) is 9.38 Å². The Kier molecular flexibility index (Phi) is 6.88. The van der Waals surface area contributed by atoms with E-state index in [1.54, 1.807) is 17.8 Å². The van der Waals surface area contributed by atoms with Gasteiger partial charge in [0, 0.05) is 10.0 Å². The molecular formula is C13H16BrF3N2S. The molecule has 0 aromatic heterocycles. The zero-order valence-corrected chi connectivity index (χ0v) is 13.6. The Labute approximate surface area is 129 Å². The lowest BCUT2D eigenvalue weighted by atomic mass is 9.98. The number of amidine groups is 1. The minimum Gasteiger partial charge on any atom is -0.387 e. The Morgan fingerprint density at radius 3 is 2.50 bits per heavy atom. The van der Waals surface area contributed by atoms with Crippen LogP contribution >= 0.6 is 27.7 Å². The second kappa shape index (κ2) is 7.93. The minimum atomic E-state index is -0.861. The average molecular weight is 369 g/mol. The fourth-order valence-corrected chi connectivity index (χ4v) is 3.19. The number of thioether (sulfide) groups is 1. The minimum absolute atomic E-state index is 0.182. The van der Waals surface area contributed by atoms with Gasteiger partial charge in [-0.05, 0) is 31.2 Å². The van der Waals surface area contributed by atoms with Crippen LogP contribution in [-0.4, -0.2) is 24.5 Å². The van der Waals surface area contributed by atoms with Crippen molar-refractivity contribution in [1.29, 1.82) is 0 Å². The van der Waals surface area contributed by atoms with Crippen LogP contribution in [0.15, 0.2) is 21.6 Å². The third-order valence-electron chi connectivity index (χ3n) is 3.00. The van der Waals surface area contributed by atoms with E-state index in [-0.39, 0.29) is 16.9 Å². The summed E-state index contributed by atoms with van der Waals surface area (Å²) in [4.78, 5) is 4.29. The van der Waals surface area contributed by atoms with E-state index in [1.165, 1.54) is 0 Å². The molecule has 112 valence electrons. The van der Waals surface area contributed by atoms with Crippen LogP contribution in [0.25, 0.3) is 0 Å². The first-order valence-electron chi connectivity index (χ1n) is 5.91. The van der Waals surface area contributed by atoms with Gasteiger partial charge in [0.05, 0.1) is 18.5 Å². The number of nitrogens with two attached hydrogens (primary N) is 1. The number of halogens is 4. The van der Waals surface area contributed by atoms with Gasteiger partial charge in [-0.15, -0.1) is 0 Å². The van der Waals surface area contributed by atoms with E-state index < -0.39 is 11.6 Å². The van der Waals surface area contributed by atoms with Gasteiger partial charge in [0.2, 0.25) is 0 Å². The number of rotatable bonds is 2. The summed E-state index contributed by atoms with van der Waals surface area (Å²) in [5, 5.41) is 0.182. The predicted octanol–water partition coefficient (Wildman–Crippen LogP) is 4.24. The number of nitrogens with zero attached hydrogens (tertiary/aromatic N) is 1. The van der Waals surface area contributed by atoms with Crippen molar-refractivity contribution in [2.75, 3.05) is 13.4 Å². The molecule has 0 saturated heterocycles. The Balaban J connectivity index is 0.000000956. The molecule has 2 rings (SSSR count). The first-order valence-corrected chi connectivity index (χ1v) is 7.99. The van der Waals surface area contributed by atoms with Crippen molar-refractivity contribution in [3.05, 3.63) is 33.8 Å². The second-order valence-electron chi connectivity index (χ2n) is 4.16. The molecule has 2 unspecified atom stereocenters. The molecule has 1 aromatic carbocycles. The van der Waals surface area contributed by atoms with Crippen molar-refractivity contribution in [3.8, 4) is 0 Å². The molecule has 0 aliphatic carbocycles. The summed E-state index contributed by atoms with van der Waals surface area (Å²) in [5.74, 6) is -1.18. The van der Waals surface area contributed by atoms with Crippen LogP contribution in [-0.2, 0) is 0 Å². The predicted molar refractivity (Wildman–Crippen MR) is 82.0 cm³/mol. The van der Waals surface area contributed by atoms with Crippen LogP contribution in [0.1, 0.15) is 24.4 Å². The number of alkyl halides is 1. The van der Waals surface area contributed by atoms with Gasteiger partial charge < -0.3 is 5.73 Å². The van der Waals surface area contributed by atoms with Crippen LogP contribution in [0.3, 0.4) is 0 Å². The van der Waals surface area contributed by atoms with Crippen LogP contribution in [0.5, 0.6) is 0 Å². The maximum absolute atomic E-state index is 13.8. The summed E-state index contributed by atoms with van der Waals surface area (Å²) >= 11 is 4.79. The lowest BCUT2D eigenvalue weighted by Crippen LogP contribution is -2.31. The van der Waals surface area contributed by atoms with Crippen LogP contribution in [0, 0.1) is 11.6 Å². The molecule has 2 atom stereocenters. The lowest BCUT2D eigenvalue weighted by molar-refractivity contribution is 0.478. The van der Waals surface area contributed by atoms with E-state index >= 15 is 0 Å². The first kappa shape index (κ1) is 17.4. The molecule has 0 radical (unpaired) electrons. The quantitative estimate of drug-likeness (QED) is 0.792. The maximum Gasteiger partial charge on any atom is 0.164 e. The molecular weight excluding hydrogens is 353 g/mol. The molecule has 2 N–H and O–H groups in total. The number of hydrogen-bond acceptors (Lipinski definition) is 3. The molecule has 7 heteroatoms. The van der Waals surface area contributed by atoms with E-state index in [9.17, 15) is 13.2 Å².